The monoisotopic (exact) mass is 251 g/mol. The Balaban J connectivity index is 2.51. The molecule has 0 unspecified atom stereocenters. The minimum Gasteiger partial charge on any atom is -0.476 e. The van der Waals surface area contributed by atoms with E-state index in [4.69, 9.17) is 21.2 Å². The van der Waals surface area contributed by atoms with Gasteiger partial charge in [0.1, 0.15) is 0 Å². The molecule has 0 radical (unpaired) electrons. The van der Waals surface area contributed by atoms with Crippen molar-refractivity contribution in [2.45, 2.75) is 13.3 Å². The predicted octanol–water partition coefficient (Wildman–Crippen LogP) is 3.26. The number of aryl methyl sites for hydroxylation is 1. The standard InChI is InChI=1S/C12H10ClNO3/c1-2-7-3-4-8(13)5-9(7)11-6-10(12(15)16)14-17-11/h3-6H,2H2,1H3,(H,15,16). The van der Waals surface area contributed by atoms with Gasteiger partial charge >= 0.3 is 5.97 Å². The maximum atomic E-state index is 10.7. The third-order valence-electron chi connectivity index (χ3n) is 2.45. The smallest absolute Gasteiger partial charge is 0.358 e. The molecule has 0 aliphatic heterocycles. The highest BCUT2D eigenvalue weighted by molar-refractivity contribution is 6.30. The van der Waals surface area contributed by atoms with Crippen molar-refractivity contribution in [1.82, 2.24) is 5.16 Å². The Hall–Kier alpha value is -1.81. The quantitative estimate of drug-likeness (QED) is 0.909. The number of hydrogen-bond acceptors (Lipinski definition) is 3. The van der Waals surface area contributed by atoms with E-state index in [0.717, 1.165) is 17.5 Å². The Labute approximate surface area is 103 Å². The van der Waals surface area contributed by atoms with Crippen molar-refractivity contribution in [1.29, 1.82) is 0 Å². The van der Waals surface area contributed by atoms with Crippen LogP contribution >= 0.6 is 11.6 Å². The Morgan fingerprint density at radius 1 is 1.47 bits per heavy atom. The molecule has 2 aromatic rings. The molecule has 0 spiro atoms. The number of aromatic carboxylic acids is 1. The molecular weight excluding hydrogens is 242 g/mol. The van der Waals surface area contributed by atoms with Crippen LogP contribution < -0.4 is 0 Å². The molecule has 2 rings (SSSR count). The van der Waals surface area contributed by atoms with Crippen molar-refractivity contribution >= 4 is 17.6 Å². The van der Waals surface area contributed by atoms with Crippen molar-refractivity contribution in [2.24, 2.45) is 0 Å². The highest BCUT2D eigenvalue weighted by atomic mass is 35.5. The Kier molecular flexibility index (Phi) is 3.15. The Bertz CT molecular complexity index is 563. The molecule has 0 aliphatic rings. The molecular formula is C12H10ClNO3. The van der Waals surface area contributed by atoms with E-state index >= 15 is 0 Å². The van der Waals surface area contributed by atoms with Crippen LogP contribution in [-0.4, -0.2) is 16.2 Å². The van der Waals surface area contributed by atoms with E-state index in [0.29, 0.717) is 10.8 Å². The van der Waals surface area contributed by atoms with E-state index in [-0.39, 0.29) is 5.69 Å². The normalized spacial score (nSPS) is 10.5. The highest BCUT2D eigenvalue weighted by Gasteiger charge is 2.14. The van der Waals surface area contributed by atoms with Crippen LogP contribution in [0.4, 0.5) is 0 Å². The molecule has 0 amide bonds. The van der Waals surface area contributed by atoms with Gasteiger partial charge in [-0.25, -0.2) is 4.79 Å². The van der Waals surface area contributed by atoms with Gasteiger partial charge < -0.3 is 9.63 Å². The first-order valence-corrected chi connectivity index (χ1v) is 5.48. The highest BCUT2D eigenvalue weighted by Crippen LogP contribution is 2.28. The lowest BCUT2D eigenvalue weighted by atomic mass is 10.0. The van der Waals surface area contributed by atoms with Gasteiger partial charge in [0.15, 0.2) is 11.5 Å². The van der Waals surface area contributed by atoms with Crippen LogP contribution in [0.3, 0.4) is 0 Å². The van der Waals surface area contributed by atoms with Gasteiger partial charge in [-0.1, -0.05) is 29.7 Å². The zero-order valence-electron chi connectivity index (χ0n) is 9.11. The first kappa shape index (κ1) is 11.7. The van der Waals surface area contributed by atoms with Crippen LogP contribution in [-0.2, 0) is 6.42 Å². The fourth-order valence-electron chi connectivity index (χ4n) is 1.59. The van der Waals surface area contributed by atoms with Crippen molar-refractivity contribution < 1.29 is 14.4 Å². The first-order valence-electron chi connectivity index (χ1n) is 5.10. The van der Waals surface area contributed by atoms with Gasteiger partial charge in [0, 0.05) is 16.7 Å². The molecule has 88 valence electrons. The van der Waals surface area contributed by atoms with E-state index in [1.807, 2.05) is 13.0 Å². The maximum absolute atomic E-state index is 10.7. The summed E-state index contributed by atoms with van der Waals surface area (Å²) in [6.45, 7) is 2.00. The molecule has 1 N–H and O–H groups in total. The van der Waals surface area contributed by atoms with Crippen LogP contribution in [0, 0.1) is 0 Å². The summed E-state index contributed by atoms with van der Waals surface area (Å²) in [6, 6.07) is 6.82. The third-order valence-corrected chi connectivity index (χ3v) is 2.68. The SMILES string of the molecule is CCc1ccc(Cl)cc1-c1cc(C(=O)O)no1. The summed E-state index contributed by atoms with van der Waals surface area (Å²) in [7, 11) is 0. The van der Waals surface area contributed by atoms with Gasteiger partial charge in [0.05, 0.1) is 0 Å². The number of nitrogens with zero attached hydrogens (tertiary/aromatic N) is 1. The molecule has 0 saturated carbocycles. The molecule has 1 heterocycles. The van der Waals surface area contributed by atoms with Gasteiger partial charge in [-0.2, -0.15) is 0 Å². The minimum atomic E-state index is -1.11. The van der Waals surface area contributed by atoms with Crippen molar-refractivity contribution in [3.63, 3.8) is 0 Å². The second kappa shape index (κ2) is 4.59. The summed E-state index contributed by atoms with van der Waals surface area (Å²) in [5.41, 5.74) is 1.70. The van der Waals surface area contributed by atoms with Crippen LogP contribution in [0.2, 0.25) is 5.02 Å². The predicted molar refractivity (Wildman–Crippen MR) is 63.3 cm³/mol. The van der Waals surface area contributed by atoms with Crippen molar-refractivity contribution in [3.05, 3.63) is 40.5 Å². The lowest BCUT2D eigenvalue weighted by molar-refractivity contribution is 0.0686. The van der Waals surface area contributed by atoms with Crippen LogP contribution in [0.5, 0.6) is 0 Å². The van der Waals surface area contributed by atoms with Crippen molar-refractivity contribution in [3.8, 4) is 11.3 Å². The second-order valence-electron chi connectivity index (χ2n) is 3.54. The maximum Gasteiger partial charge on any atom is 0.358 e. The minimum absolute atomic E-state index is 0.109. The molecule has 1 aromatic heterocycles. The zero-order chi connectivity index (χ0) is 12.4. The summed E-state index contributed by atoms with van der Waals surface area (Å²) in [4.78, 5) is 10.7. The number of carbonyl (C=O) groups is 1. The summed E-state index contributed by atoms with van der Waals surface area (Å²) in [5, 5.41) is 12.8. The van der Waals surface area contributed by atoms with Gasteiger partial charge in [-0.05, 0) is 24.1 Å². The number of carboxylic acid groups (broad SMARTS) is 1. The Morgan fingerprint density at radius 2 is 2.24 bits per heavy atom. The molecule has 0 bridgehead atoms. The zero-order valence-corrected chi connectivity index (χ0v) is 9.86. The lowest BCUT2D eigenvalue weighted by Gasteiger charge is -2.04. The summed E-state index contributed by atoms with van der Waals surface area (Å²) in [5.74, 6) is -0.693. The summed E-state index contributed by atoms with van der Waals surface area (Å²) < 4.78 is 5.02. The van der Waals surface area contributed by atoms with Gasteiger partial charge in [-0.15, -0.1) is 0 Å². The number of aromatic nitrogens is 1. The average Bonchev–Trinajstić information content (AvgIpc) is 2.78. The molecule has 5 heteroatoms. The molecule has 0 atom stereocenters. The number of carboxylic acids is 1. The number of hydrogen-bond donors (Lipinski definition) is 1. The molecule has 1 aromatic carbocycles. The van der Waals surface area contributed by atoms with Crippen LogP contribution in [0.15, 0.2) is 28.8 Å². The average molecular weight is 252 g/mol. The Morgan fingerprint density at radius 3 is 2.82 bits per heavy atom. The van der Waals surface area contributed by atoms with Crippen LogP contribution in [0.1, 0.15) is 23.0 Å². The van der Waals surface area contributed by atoms with Gasteiger partial charge in [0.2, 0.25) is 0 Å². The molecule has 0 fully saturated rings. The fourth-order valence-corrected chi connectivity index (χ4v) is 1.76. The van der Waals surface area contributed by atoms with E-state index in [2.05, 4.69) is 5.16 Å². The third kappa shape index (κ3) is 2.31. The van der Waals surface area contributed by atoms with Crippen molar-refractivity contribution in [2.75, 3.05) is 0 Å². The number of halogens is 1. The van der Waals surface area contributed by atoms with Gasteiger partial charge in [0.25, 0.3) is 0 Å². The second-order valence-corrected chi connectivity index (χ2v) is 3.97. The summed E-state index contributed by atoms with van der Waals surface area (Å²) in [6.07, 6.45) is 0.801. The largest absolute Gasteiger partial charge is 0.476 e. The number of rotatable bonds is 3. The number of benzene rings is 1. The first-order chi connectivity index (χ1) is 8.11. The summed E-state index contributed by atoms with van der Waals surface area (Å²) >= 11 is 5.91. The van der Waals surface area contributed by atoms with E-state index in [1.54, 1.807) is 12.1 Å². The van der Waals surface area contributed by atoms with Gasteiger partial charge in [-0.3, -0.25) is 0 Å². The van der Waals surface area contributed by atoms with Crippen LogP contribution in [0.25, 0.3) is 11.3 Å². The fraction of sp³-hybridized carbons (Fsp3) is 0.167. The molecule has 17 heavy (non-hydrogen) atoms. The molecule has 4 nitrogen and oxygen atoms in total. The molecule has 0 saturated heterocycles. The topological polar surface area (TPSA) is 63.3 Å². The molecule has 0 aliphatic carbocycles. The lowest BCUT2D eigenvalue weighted by Crippen LogP contribution is -1.94. The van der Waals surface area contributed by atoms with E-state index in [1.165, 1.54) is 6.07 Å². The van der Waals surface area contributed by atoms with E-state index < -0.39 is 5.97 Å². The van der Waals surface area contributed by atoms with E-state index in [9.17, 15) is 4.79 Å².